The number of piperidine rings is 1. The van der Waals surface area contributed by atoms with Crippen LogP contribution in [0.2, 0.25) is 0 Å². The molecule has 1 fully saturated rings. The number of hydrogen-bond donors (Lipinski definition) is 1. The molecule has 0 bridgehead atoms. The molecule has 2 heterocycles. The van der Waals surface area contributed by atoms with E-state index in [9.17, 15) is 9.90 Å². The molecule has 0 radical (unpaired) electrons. The zero-order chi connectivity index (χ0) is 16.8. The van der Waals surface area contributed by atoms with Crippen LogP contribution in [0.3, 0.4) is 0 Å². The van der Waals surface area contributed by atoms with Crippen molar-refractivity contribution in [3.63, 3.8) is 0 Å². The summed E-state index contributed by atoms with van der Waals surface area (Å²) in [7, 11) is 0. The molecule has 1 N–H and O–H groups in total. The molecule has 6 heteroatoms. The maximum absolute atomic E-state index is 11.3. The highest BCUT2D eigenvalue weighted by molar-refractivity contribution is 7.14. The Hall–Kier alpha value is -1.79. The molecule has 5 nitrogen and oxygen atoms in total. The summed E-state index contributed by atoms with van der Waals surface area (Å²) in [6.45, 7) is 11.6. The Balaban J connectivity index is 2.07. The van der Waals surface area contributed by atoms with Gasteiger partial charge in [0.05, 0.1) is 10.8 Å². The van der Waals surface area contributed by atoms with Gasteiger partial charge in [0, 0.05) is 30.7 Å². The lowest BCUT2D eigenvalue weighted by molar-refractivity contribution is -0.144. The fourth-order valence-electron chi connectivity index (χ4n) is 2.98. The smallest absolute Gasteiger partial charge is 0.307 e. The highest BCUT2D eigenvalue weighted by Crippen LogP contribution is 2.27. The first-order chi connectivity index (χ1) is 11.1. The molecule has 2 unspecified atom stereocenters. The van der Waals surface area contributed by atoms with Gasteiger partial charge in [0.1, 0.15) is 0 Å². The average Bonchev–Trinajstić information content (AvgIpc) is 3.00. The summed E-state index contributed by atoms with van der Waals surface area (Å²) in [5, 5.41) is 9.33. The van der Waals surface area contributed by atoms with Crippen LogP contribution >= 0.6 is 11.3 Å². The first-order valence-electron chi connectivity index (χ1n) is 7.77. The normalized spacial score (nSPS) is 22.7. The summed E-state index contributed by atoms with van der Waals surface area (Å²) in [5.41, 5.74) is 0. The van der Waals surface area contributed by atoms with E-state index in [1.54, 1.807) is 11.3 Å². The van der Waals surface area contributed by atoms with Crippen molar-refractivity contribution in [1.82, 2.24) is 4.90 Å². The number of aliphatic imine (C=N–C) groups is 2. The molecule has 2 atom stereocenters. The van der Waals surface area contributed by atoms with Crippen LogP contribution in [-0.4, -0.2) is 41.6 Å². The van der Waals surface area contributed by atoms with E-state index in [0.717, 1.165) is 30.8 Å². The molecule has 23 heavy (non-hydrogen) atoms. The fourth-order valence-corrected chi connectivity index (χ4v) is 3.99. The van der Waals surface area contributed by atoms with Gasteiger partial charge < -0.3 is 5.11 Å². The van der Waals surface area contributed by atoms with Gasteiger partial charge in [0.15, 0.2) is 5.84 Å². The van der Waals surface area contributed by atoms with Gasteiger partial charge in [-0.15, -0.1) is 11.3 Å². The summed E-state index contributed by atoms with van der Waals surface area (Å²) in [4.78, 5) is 23.8. The van der Waals surface area contributed by atoms with Crippen LogP contribution in [-0.2, 0) is 11.3 Å². The second-order valence-electron chi connectivity index (χ2n) is 5.80. The lowest BCUT2D eigenvalue weighted by atomic mass is 9.87. The van der Waals surface area contributed by atoms with E-state index < -0.39 is 5.97 Å². The van der Waals surface area contributed by atoms with Crippen molar-refractivity contribution in [3.8, 4) is 0 Å². The van der Waals surface area contributed by atoms with Gasteiger partial charge in [-0.05, 0) is 31.2 Å². The molecular weight excluding hydrogens is 310 g/mol. The molecule has 1 aromatic heterocycles. The Morgan fingerprint density at radius 1 is 1.52 bits per heavy atom. The Morgan fingerprint density at radius 2 is 2.30 bits per heavy atom. The van der Waals surface area contributed by atoms with E-state index in [2.05, 4.69) is 41.2 Å². The molecule has 124 valence electrons. The Labute approximate surface area is 141 Å². The fraction of sp³-hybridized carbons (Fsp3) is 0.471. The minimum atomic E-state index is -0.684. The third kappa shape index (κ3) is 4.59. The second-order valence-corrected chi connectivity index (χ2v) is 6.97. The van der Waals surface area contributed by atoms with E-state index in [-0.39, 0.29) is 5.92 Å². The predicted molar refractivity (Wildman–Crippen MR) is 95.4 cm³/mol. The number of carbonyl (C=O) groups is 1. The first kappa shape index (κ1) is 17.6. The third-order valence-electron chi connectivity index (χ3n) is 4.16. The third-order valence-corrected chi connectivity index (χ3v) is 5.23. The maximum atomic E-state index is 11.3. The number of rotatable bonds is 6. The van der Waals surface area contributed by atoms with E-state index >= 15 is 0 Å². The summed E-state index contributed by atoms with van der Waals surface area (Å²) in [6, 6.07) is 4.03. The van der Waals surface area contributed by atoms with Crippen LogP contribution in [0.25, 0.3) is 0 Å². The van der Waals surface area contributed by atoms with Crippen molar-refractivity contribution >= 4 is 29.9 Å². The van der Waals surface area contributed by atoms with E-state index in [1.807, 2.05) is 6.07 Å². The monoisotopic (exact) mass is 333 g/mol. The highest BCUT2D eigenvalue weighted by atomic mass is 32.1. The van der Waals surface area contributed by atoms with Gasteiger partial charge in [-0.2, -0.15) is 0 Å². The summed E-state index contributed by atoms with van der Waals surface area (Å²) < 4.78 is 0. The van der Waals surface area contributed by atoms with Crippen LogP contribution < -0.4 is 0 Å². The van der Waals surface area contributed by atoms with Gasteiger partial charge in [-0.25, -0.2) is 9.98 Å². The zero-order valence-corrected chi connectivity index (χ0v) is 14.3. The van der Waals surface area contributed by atoms with Crippen molar-refractivity contribution in [2.45, 2.75) is 26.3 Å². The number of amidine groups is 1. The van der Waals surface area contributed by atoms with Gasteiger partial charge in [-0.1, -0.05) is 19.9 Å². The van der Waals surface area contributed by atoms with Crippen LogP contribution in [0.4, 0.5) is 0 Å². The minimum Gasteiger partial charge on any atom is -0.481 e. The molecule has 0 aromatic carbocycles. The number of carboxylic acid groups (broad SMARTS) is 1. The molecular formula is C17H23N3O2S. The number of nitrogens with zero attached hydrogens (tertiary/aromatic N) is 3. The molecule has 1 saturated heterocycles. The van der Waals surface area contributed by atoms with Crippen LogP contribution in [0.5, 0.6) is 0 Å². The van der Waals surface area contributed by atoms with Gasteiger partial charge in [0.25, 0.3) is 0 Å². The Kier molecular flexibility index (Phi) is 6.24. The quantitative estimate of drug-likeness (QED) is 0.642. The molecule has 2 rings (SSSR count). The number of likely N-dealkylation sites (tertiary alicyclic amines) is 1. The SMILES string of the molecule is C=CN=C(N=C)c1ccc(CN2CC(CC)CC(C(=O)O)C2)s1. The van der Waals surface area contributed by atoms with E-state index in [1.165, 1.54) is 11.1 Å². The highest BCUT2D eigenvalue weighted by Gasteiger charge is 2.30. The van der Waals surface area contributed by atoms with Crippen molar-refractivity contribution in [2.24, 2.45) is 21.8 Å². The van der Waals surface area contributed by atoms with Crippen molar-refractivity contribution in [2.75, 3.05) is 13.1 Å². The second kappa shape index (κ2) is 8.17. The van der Waals surface area contributed by atoms with Gasteiger partial charge >= 0.3 is 5.97 Å². The molecule has 1 aliphatic rings. The summed E-state index contributed by atoms with van der Waals surface area (Å²) in [5.74, 6) is 0.0823. The first-order valence-corrected chi connectivity index (χ1v) is 8.58. The largest absolute Gasteiger partial charge is 0.481 e. The van der Waals surface area contributed by atoms with E-state index in [0.29, 0.717) is 18.3 Å². The number of carboxylic acids is 1. The summed E-state index contributed by atoms with van der Waals surface area (Å²) in [6.07, 6.45) is 3.26. The number of thiophene rings is 1. The van der Waals surface area contributed by atoms with Gasteiger partial charge in [0.2, 0.25) is 0 Å². The maximum Gasteiger partial charge on any atom is 0.307 e. The van der Waals surface area contributed by atoms with Gasteiger partial charge in [-0.3, -0.25) is 9.69 Å². The predicted octanol–water partition coefficient (Wildman–Crippen LogP) is 3.27. The molecule has 0 aliphatic carbocycles. The Bertz CT molecular complexity index is 609. The van der Waals surface area contributed by atoms with Crippen molar-refractivity contribution in [3.05, 3.63) is 34.7 Å². The lowest BCUT2D eigenvalue weighted by Gasteiger charge is -2.35. The molecule has 0 saturated carbocycles. The lowest BCUT2D eigenvalue weighted by Crippen LogP contribution is -2.42. The van der Waals surface area contributed by atoms with Crippen LogP contribution in [0, 0.1) is 11.8 Å². The van der Waals surface area contributed by atoms with Crippen LogP contribution in [0.1, 0.15) is 29.5 Å². The van der Waals surface area contributed by atoms with E-state index in [4.69, 9.17) is 0 Å². The average molecular weight is 333 g/mol. The molecule has 1 aliphatic heterocycles. The number of hydrogen-bond acceptors (Lipinski definition) is 4. The topological polar surface area (TPSA) is 65.3 Å². The molecule has 0 amide bonds. The zero-order valence-electron chi connectivity index (χ0n) is 13.4. The van der Waals surface area contributed by atoms with Crippen molar-refractivity contribution < 1.29 is 9.90 Å². The van der Waals surface area contributed by atoms with Crippen LogP contribution in [0.15, 0.2) is 34.9 Å². The number of aliphatic carboxylic acids is 1. The van der Waals surface area contributed by atoms with Crippen molar-refractivity contribution in [1.29, 1.82) is 0 Å². The minimum absolute atomic E-state index is 0.263. The molecule has 0 spiro atoms. The standard InChI is InChI=1S/C17H23N3O2S/c1-4-12-8-13(17(21)22)10-20(9-12)11-14-6-7-15(23-14)16(18-3)19-5-2/h5-7,12-13H,2-4,8-11H2,1H3,(H,21,22). The Morgan fingerprint density at radius 3 is 2.91 bits per heavy atom. The molecule has 1 aromatic rings. The summed E-state index contributed by atoms with van der Waals surface area (Å²) >= 11 is 1.62.